The lowest BCUT2D eigenvalue weighted by atomic mass is 10.2. The van der Waals surface area contributed by atoms with E-state index in [1.165, 1.54) is 12.8 Å². The van der Waals surface area contributed by atoms with Crippen LogP contribution in [0, 0.1) is 5.92 Å². The van der Waals surface area contributed by atoms with E-state index in [9.17, 15) is 9.59 Å². The van der Waals surface area contributed by atoms with Gasteiger partial charge in [-0.3, -0.25) is 19.4 Å². The van der Waals surface area contributed by atoms with Gasteiger partial charge in [-0.15, -0.1) is 0 Å². The molecule has 2 N–H and O–H groups in total. The Kier molecular flexibility index (Phi) is 6.64. The fourth-order valence-corrected chi connectivity index (χ4v) is 2.57. The van der Waals surface area contributed by atoms with E-state index >= 15 is 0 Å². The van der Waals surface area contributed by atoms with Crippen molar-refractivity contribution in [2.75, 3.05) is 45.8 Å². The van der Waals surface area contributed by atoms with Crippen LogP contribution in [-0.4, -0.2) is 73.5 Å². The highest BCUT2D eigenvalue weighted by atomic mass is 16.2. The average Bonchev–Trinajstić information content (AvgIpc) is 3.31. The molecule has 0 aromatic heterocycles. The highest BCUT2D eigenvalue weighted by molar-refractivity contribution is 5.78. The number of nitrogens with one attached hydrogen (secondary N) is 2. The summed E-state index contributed by atoms with van der Waals surface area (Å²) in [7, 11) is 0. The van der Waals surface area contributed by atoms with Gasteiger partial charge in [-0.25, -0.2) is 0 Å². The molecule has 1 unspecified atom stereocenters. The molecule has 1 atom stereocenters. The van der Waals surface area contributed by atoms with Gasteiger partial charge >= 0.3 is 0 Å². The minimum Gasteiger partial charge on any atom is -0.355 e. The van der Waals surface area contributed by atoms with Crippen molar-refractivity contribution in [3.63, 3.8) is 0 Å². The summed E-state index contributed by atoms with van der Waals surface area (Å²) in [6, 6.07) is 0.240. The van der Waals surface area contributed by atoms with Crippen LogP contribution in [0.15, 0.2) is 0 Å². The molecule has 1 saturated heterocycles. The number of carbonyl (C=O) groups is 2. The van der Waals surface area contributed by atoms with Crippen molar-refractivity contribution in [3.05, 3.63) is 0 Å². The van der Waals surface area contributed by atoms with Gasteiger partial charge in [0.1, 0.15) is 0 Å². The van der Waals surface area contributed by atoms with Crippen molar-refractivity contribution < 1.29 is 9.59 Å². The maximum absolute atomic E-state index is 11.9. The second-order valence-corrected chi connectivity index (χ2v) is 6.68. The lowest BCUT2D eigenvalue weighted by Gasteiger charge is -2.34. The van der Waals surface area contributed by atoms with Gasteiger partial charge in [0.2, 0.25) is 11.8 Å². The Morgan fingerprint density at radius 3 is 2.09 bits per heavy atom. The summed E-state index contributed by atoms with van der Waals surface area (Å²) in [6.45, 7) is 9.29. The molecular weight excluding hydrogens is 280 g/mol. The quantitative estimate of drug-likeness (QED) is 0.665. The monoisotopic (exact) mass is 310 g/mol. The summed E-state index contributed by atoms with van der Waals surface area (Å²) in [5.41, 5.74) is 0. The summed E-state index contributed by atoms with van der Waals surface area (Å²) in [6.07, 6.45) is 3.48. The molecule has 0 spiro atoms. The zero-order valence-corrected chi connectivity index (χ0v) is 13.9. The molecule has 0 bridgehead atoms. The zero-order chi connectivity index (χ0) is 15.9. The molecule has 0 radical (unpaired) electrons. The summed E-state index contributed by atoms with van der Waals surface area (Å²) in [5, 5.41) is 6.00. The van der Waals surface area contributed by atoms with E-state index in [1.54, 1.807) is 0 Å². The molecule has 1 heterocycles. The van der Waals surface area contributed by atoms with E-state index in [0.29, 0.717) is 13.1 Å². The van der Waals surface area contributed by atoms with Crippen LogP contribution in [0.2, 0.25) is 0 Å². The Hall–Kier alpha value is -1.14. The Balaban J connectivity index is 1.58. The second-order valence-electron chi connectivity index (χ2n) is 6.68. The fraction of sp³-hybridized carbons (Fsp3) is 0.875. The molecule has 1 aliphatic carbocycles. The van der Waals surface area contributed by atoms with Crippen molar-refractivity contribution in [1.82, 2.24) is 20.4 Å². The number of piperazine rings is 1. The molecule has 0 aromatic rings. The van der Waals surface area contributed by atoms with Crippen molar-refractivity contribution in [2.24, 2.45) is 5.92 Å². The molecule has 22 heavy (non-hydrogen) atoms. The van der Waals surface area contributed by atoms with Crippen LogP contribution in [0.5, 0.6) is 0 Å². The van der Waals surface area contributed by atoms with Gasteiger partial charge in [0.05, 0.1) is 13.1 Å². The Morgan fingerprint density at radius 2 is 1.59 bits per heavy atom. The van der Waals surface area contributed by atoms with Crippen LogP contribution < -0.4 is 10.6 Å². The number of hydrogen-bond donors (Lipinski definition) is 2. The van der Waals surface area contributed by atoms with Gasteiger partial charge < -0.3 is 10.6 Å². The van der Waals surface area contributed by atoms with Gasteiger partial charge in [-0.05, 0) is 32.1 Å². The zero-order valence-electron chi connectivity index (χ0n) is 13.9. The number of hydrogen-bond acceptors (Lipinski definition) is 4. The Labute approximate surface area is 133 Å². The van der Waals surface area contributed by atoms with Crippen LogP contribution in [0.25, 0.3) is 0 Å². The second kappa shape index (κ2) is 8.48. The third-order valence-corrected chi connectivity index (χ3v) is 4.50. The first kappa shape index (κ1) is 17.2. The third kappa shape index (κ3) is 6.32. The first-order chi connectivity index (χ1) is 10.6. The number of rotatable bonds is 8. The smallest absolute Gasteiger partial charge is 0.234 e. The predicted molar refractivity (Wildman–Crippen MR) is 86.5 cm³/mol. The molecule has 2 aliphatic rings. The van der Waals surface area contributed by atoms with Crippen molar-refractivity contribution >= 4 is 11.8 Å². The van der Waals surface area contributed by atoms with E-state index in [4.69, 9.17) is 0 Å². The maximum atomic E-state index is 11.9. The molecule has 6 nitrogen and oxygen atoms in total. The van der Waals surface area contributed by atoms with Crippen LogP contribution in [0.3, 0.4) is 0 Å². The van der Waals surface area contributed by atoms with Gasteiger partial charge in [0, 0.05) is 38.8 Å². The third-order valence-electron chi connectivity index (χ3n) is 4.50. The van der Waals surface area contributed by atoms with Crippen molar-refractivity contribution in [3.8, 4) is 0 Å². The molecule has 2 rings (SSSR count). The van der Waals surface area contributed by atoms with E-state index in [2.05, 4.69) is 27.4 Å². The Bertz CT molecular complexity index is 376. The lowest BCUT2D eigenvalue weighted by molar-refractivity contribution is -0.125. The van der Waals surface area contributed by atoms with Gasteiger partial charge in [-0.1, -0.05) is 6.92 Å². The summed E-state index contributed by atoms with van der Waals surface area (Å²) in [5.74, 6) is 0.963. The topological polar surface area (TPSA) is 64.7 Å². The lowest BCUT2D eigenvalue weighted by Crippen LogP contribution is -2.52. The number of amides is 2. The summed E-state index contributed by atoms with van der Waals surface area (Å²) >= 11 is 0. The maximum Gasteiger partial charge on any atom is 0.234 e. The van der Waals surface area contributed by atoms with Crippen LogP contribution in [-0.2, 0) is 9.59 Å². The van der Waals surface area contributed by atoms with Gasteiger partial charge in [-0.2, -0.15) is 0 Å². The molecule has 0 aromatic carbocycles. The molecular formula is C16H30N4O2. The molecule has 6 heteroatoms. The Morgan fingerprint density at radius 1 is 1.05 bits per heavy atom. The molecule has 1 saturated carbocycles. The summed E-state index contributed by atoms with van der Waals surface area (Å²) < 4.78 is 0. The van der Waals surface area contributed by atoms with Crippen LogP contribution >= 0.6 is 0 Å². The minimum atomic E-state index is 0.102. The highest BCUT2D eigenvalue weighted by Gasteiger charge is 2.23. The van der Waals surface area contributed by atoms with E-state index < -0.39 is 0 Å². The normalized spacial score (nSPS) is 21.4. The molecule has 2 amide bonds. The summed E-state index contributed by atoms with van der Waals surface area (Å²) in [4.78, 5) is 28.0. The predicted octanol–water partition coefficient (Wildman–Crippen LogP) is 0.0449. The van der Waals surface area contributed by atoms with Gasteiger partial charge in [0.15, 0.2) is 0 Å². The standard InChI is InChI=1S/C16H30N4O2/c1-3-13(2)18-16(22)12-20-8-6-19(7-9-20)11-15(21)17-10-14-4-5-14/h13-14H,3-12H2,1-2H3,(H,17,21)(H,18,22). The number of carbonyl (C=O) groups excluding carboxylic acids is 2. The minimum absolute atomic E-state index is 0.102. The van der Waals surface area contributed by atoms with E-state index in [-0.39, 0.29) is 17.9 Å². The largest absolute Gasteiger partial charge is 0.355 e. The highest BCUT2D eigenvalue weighted by Crippen LogP contribution is 2.27. The van der Waals surface area contributed by atoms with Crippen molar-refractivity contribution in [1.29, 1.82) is 0 Å². The van der Waals surface area contributed by atoms with E-state index in [1.807, 2.05) is 6.92 Å². The number of nitrogens with zero attached hydrogens (tertiary/aromatic N) is 2. The first-order valence-electron chi connectivity index (χ1n) is 8.57. The molecule has 2 fully saturated rings. The van der Waals surface area contributed by atoms with Gasteiger partial charge in [0.25, 0.3) is 0 Å². The SMILES string of the molecule is CCC(C)NC(=O)CN1CCN(CC(=O)NCC2CC2)CC1. The fourth-order valence-electron chi connectivity index (χ4n) is 2.57. The molecule has 126 valence electrons. The molecule has 1 aliphatic heterocycles. The van der Waals surface area contributed by atoms with Crippen LogP contribution in [0.4, 0.5) is 0 Å². The first-order valence-corrected chi connectivity index (χ1v) is 8.57. The van der Waals surface area contributed by atoms with E-state index in [0.717, 1.165) is 45.1 Å². The van der Waals surface area contributed by atoms with Crippen LogP contribution in [0.1, 0.15) is 33.1 Å². The average molecular weight is 310 g/mol. The van der Waals surface area contributed by atoms with Crippen molar-refractivity contribution in [2.45, 2.75) is 39.2 Å².